The summed E-state index contributed by atoms with van der Waals surface area (Å²) in [5, 5.41) is 6.41. The first-order chi connectivity index (χ1) is 15.3. The molecule has 1 atom stereocenters. The van der Waals surface area contributed by atoms with Crippen molar-refractivity contribution >= 4 is 16.1 Å². The summed E-state index contributed by atoms with van der Waals surface area (Å²) in [6.45, 7) is 1.46. The fraction of sp³-hybridized carbons (Fsp3) is 0.708. The van der Waals surface area contributed by atoms with Gasteiger partial charge in [0.1, 0.15) is 5.75 Å². The van der Waals surface area contributed by atoms with Crippen molar-refractivity contribution in [1.29, 1.82) is 0 Å². The van der Waals surface area contributed by atoms with Gasteiger partial charge in [-0.15, -0.1) is 0 Å². The predicted octanol–water partition coefficient (Wildman–Crippen LogP) is 3.36. The third kappa shape index (κ3) is 4.36. The van der Waals surface area contributed by atoms with E-state index >= 15 is 0 Å². The largest absolute Gasteiger partial charge is 0.497 e. The number of nitrogens with zero attached hydrogens (tertiary/aromatic N) is 1. The Hall–Kier alpha value is -1.80. The van der Waals surface area contributed by atoms with Gasteiger partial charge in [0, 0.05) is 25.2 Å². The predicted molar refractivity (Wildman–Crippen MR) is 122 cm³/mol. The van der Waals surface area contributed by atoms with Crippen molar-refractivity contribution in [2.45, 2.75) is 61.8 Å². The molecule has 6 rings (SSSR count). The fourth-order valence-electron chi connectivity index (χ4n) is 7.09. The summed E-state index contributed by atoms with van der Waals surface area (Å²) in [4.78, 5) is 13.0. The van der Waals surface area contributed by atoms with Gasteiger partial charge < -0.3 is 15.4 Å². The number of urea groups is 1. The molecular weight excluding hydrogens is 426 g/mol. The molecule has 5 aliphatic rings. The molecule has 4 saturated carbocycles. The average molecular weight is 462 g/mol. The third-order valence-corrected chi connectivity index (χ3v) is 10.0. The van der Waals surface area contributed by atoms with Crippen LogP contribution in [0.25, 0.3) is 0 Å². The number of hydrogen-bond donors (Lipinski definition) is 2. The molecule has 1 aromatic carbocycles. The van der Waals surface area contributed by atoms with Gasteiger partial charge in [-0.3, -0.25) is 0 Å². The first-order valence-corrected chi connectivity index (χ1v) is 13.5. The van der Waals surface area contributed by atoms with Crippen LogP contribution in [-0.4, -0.2) is 51.0 Å². The third-order valence-electron chi connectivity index (χ3n) is 8.15. The van der Waals surface area contributed by atoms with Crippen LogP contribution < -0.4 is 15.4 Å². The zero-order valence-corrected chi connectivity index (χ0v) is 19.7. The molecule has 2 amide bonds. The van der Waals surface area contributed by atoms with E-state index in [0.29, 0.717) is 25.4 Å². The van der Waals surface area contributed by atoms with Crippen molar-refractivity contribution < 1.29 is 17.9 Å². The zero-order valence-electron chi connectivity index (χ0n) is 18.9. The van der Waals surface area contributed by atoms with Crippen molar-refractivity contribution in [3.8, 4) is 5.75 Å². The van der Waals surface area contributed by atoms with Crippen molar-refractivity contribution in [1.82, 2.24) is 14.9 Å². The molecule has 0 radical (unpaired) electrons. The zero-order chi connectivity index (χ0) is 22.3. The molecule has 1 saturated heterocycles. The van der Waals surface area contributed by atoms with Crippen LogP contribution in [0.2, 0.25) is 0 Å². The molecule has 8 heteroatoms. The number of hydrogen-bond acceptors (Lipinski definition) is 4. The van der Waals surface area contributed by atoms with Gasteiger partial charge >= 0.3 is 6.03 Å². The number of rotatable bonds is 6. The highest BCUT2D eigenvalue weighted by molar-refractivity contribution is 7.89. The lowest BCUT2D eigenvalue weighted by Crippen LogP contribution is -2.61. The van der Waals surface area contributed by atoms with Gasteiger partial charge in [0.15, 0.2) is 0 Å². The Labute approximate surface area is 191 Å². The Morgan fingerprint density at radius 3 is 2.31 bits per heavy atom. The molecular formula is C24H35N3O4S. The highest BCUT2D eigenvalue weighted by Gasteiger charge is 2.51. The summed E-state index contributed by atoms with van der Waals surface area (Å²) in [5.41, 5.74) is -0.00482. The average Bonchev–Trinajstić information content (AvgIpc) is 2.77. The summed E-state index contributed by atoms with van der Waals surface area (Å²) >= 11 is 0. The van der Waals surface area contributed by atoms with E-state index in [1.54, 1.807) is 35.7 Å². The Morgan fingerprint density at radius 1 is 1.09 bits per heavy atom. The molecule has 0 aromatic heterocycles. The molecule has 2 N–H and O–H groups in total. The molecule has 1 unspecified atom stereocenters. The first kappa shape index (κ1) is 22.0. The highest BCUT2D eigenvalue weighted by atomic mass is 32.2. The van der Waals surface area contributed by atoms with Gasteiger partial charge in [-0.1, -0.05) is 0 Å². The van der Waals surface area contributed by atoms with Crippen LogP contribution in [0.4, 0.5) is 4.79 Å². The number of benzene rings is 1. The molecule has 5 fully saturated rings. The normalized spacial score (nSPS) is 34.3. The van der Waals surface area contributed by atoms with E-state index in [9.17, 15) is 13.2 Å². The maximum absolute atomic E-state index is 13.1. The Bertz CT molecular complexity index is 911. The lowest BCUT2D eigenvalue weighted by Gasteiger charge is -2.56. The number of methoxy groups -OCH3 is 1. The van der Waals surface area contributed by atoms with Crippen molar-refractivity contribution in [3.63, 3.8) is 0 Å². The van der Waals surface area contributed by atoms with Crippen molar-refractivity contribution in [2.75, 3.05) is 26.7 Å². The molecule has 1 heterocycles. The maximum atomic E-state index is 13.1. The molecule has 1 aliphatic heterocycles. The summed E-state index contributed by atoms with van der Waals surface area (Å²) in [6, 6.07) is 6.45. The maximum Gasteiger partial charge on any atom is 0.315 e. The SMILES string of the molecule is COc1ccc(S(=O)(=O)N2CCCC(CNC(=O)NC34CC5CC(CC(C5)C3)C4)C2)cc1. The van der Waals surface area contributed by atoms with Gasteiger partial charge in [-0.2, -0.15) is 4.31 Å². The molecule has 1 aromatic rings. The van der Waals surface area contributed by atoms with Gasteiger partial charge in [0.05, 0.1) is 12.0 Å². The first-order valence-electron chi connectivity index (χ1n) is 12.1. The molecule has 7 nitrogen and oxygen atoms in total. The number of nitrogens with one attached hydrogen (secondary N) is 2. The van der Waals surface area contributed by atoms with Crippen LogP contribution in [0.3, 0.4) is 0 Å². The van der Waals surface area contributed by atoms with E-state index in [2.05, 4.69) is 10.6 Å². The number of ether oxygens (including phenoxy) is 1. The van der Waals surface area contributed by atoms with E-state index < -0.39 is 10.0 Å². The number of sulfonamides is 1. The molecule has 32 heavy (non-hydrogen) atoms. The lowest BCUT2D eigenvalue weighted by molar-refractivity contribution is -0.0135. The van der Waals surface area contributed by atoms with Gasteiger partial charge in [0.2, 0.25) is 10.0 Å². The number of carbonyl (C=O) groups excluding carboxylic acids is 1. The minimum Gasteiger partial charge on any atom is -0.497 e. The van der Waals surface area contributed by atoms with E-state index in [1.807, 2.05) is 0 Å². The van der Waals surface area contributed by atoms with Crippen LogP contribution in [-0.2, 0) is 10.0 Å². The second kappa shape index (κ2) is 8.52. The smallest absolute Gasteiger partial charge is 0.315 e. The number of carbonyl (C=O) groups is 1. The van der Waals surface area contributed by atoms with E-state index in [-0.39, 0.29) is 22.4 Å². The highest BCUT2D eigenvalue weighted by Crippen LogP contribution is 2.55. The topological polar surface area (TPSA) is 87.7 Å². The van der Waals surface area contributed by atoms with Crippen molar-refractivity contribution in [3.05, 3.63) is 24.3 Å². The van der Waals surface area contributed by atoms with E-state index in [4.69, 9.17) is 4.74 Å². The standard InChI is InChI=1S/C24H35N3O4S/c1-31-21-4-6-22(7-5-21)32(29,30)27-8-2-3-17(16-27)15-25-23(28)26-24-12-18-9-19(13-24)11-20(10-18)14-24/h4-7,17-20H,2-3,8-16H2,1H3,(H2,25,26,28). The van der Waals surface area contributed by atoms with Gasteiger partial charge in [-0.05, 0) is 99.3 Å². The molecule has 4 bridgehead atoms. The quantitative estimate of drug-likeness (QED) is 0.680. The second-order valence-corrected chi connectivity index (χ2v) is 12.5. The fourth-order valence-corrected chi connectivity index (χ4v) is 8.65. The Balaban J connectivity index is 1.15. The minimum atomic E-state index is -3.55. The number of piperidine rings is 1. The van der Waals surface area contributed by atoms with E-state index in [0.717, 1.165) is 49.9 Å². The van der Waals surface area contributed by atoms with Crippen LogP contribution >= 0.6 is 0 Å². The van der Waals surface area contributed by atoms with Gasteiger partial charge in [0.25, 0.3) is 0 Å². The van der Waals surface area contributed by atoms with Crippen LogP contribution in [0, 0.1) is 23.7 Å². The van der Waals surface area contributed by atoms with E-state index in [1.165, 1.54) is 19.3 Å². The number of amides is 2. The van der Waals surface area contributed by atoms with Crippen LogP contribution in [0.15, 0.2) is 29.2 Å². The van der Waals surface area contributed by atoms with Crippen LogP contribution in [0.5, 0.6) is 5.75 Å². The monoisotopic (exact) mass is 461 g/mol. The second-order valence-electron chi connectivity index (χ2n) is 10.6. The molecule has 176 valence electrons. The summed E-state index contributed by atoms with van der Waals surface area (Å²) in [7, 11) is -1.98. The molecule has 4 aliphatic carbocycles. The van der Waals surface area contributed by atoms with Crippen LogP contribution in [0.1, 0.15) is 51.4 Å². The Morgan fingerprint density at radius 2 is 1.72 bits per heavy atom. The summed E-state index contributed by atoms with van der Waals surface area (Å²) in [6.07, 6.45) is 9.16. The lowest BCUT2D eigenvalue weighted by atomic mass is 9.53. The molecule has 0 spiro atoms. The van der Waals surface area contributed by atoms with Gasteiger partial charge in [-0.25, -0.2) is 13.2 Å². The Kier molecular flexibility index (Phi) is 5.86. The minimum absolute atomic E-state index is 0.00482. The summed E-state index contributed by atoms with van der Waals surface area (Å²) in [5.74, 6) is 3.12. The summed E-state index contributed by atoms with van der Waals surface area (Å²) < 4.78 is 32.8. The van der Waals surface area contributed by atoms with Crippen molar-refractivity contribution in [2.24, 2.45) is 23.7 Å².